The van der Waals surface area contributed by atoms with E-state index in [4.69, 9.17) is 24.7 Å². The molecular formula is C19H15N3O6. The molecule has 0 aromatic heterocycles. The van der Waals surface area contributed by atoms with Gasteiger partial charge >= 0.3 is 5.69 Å². The van der Waals surface area contributed by atoms with E-state index in [2.05, 4.69) is 6.07 Å². The predicted molar refractivity (Wildman–Crippen MR) is 96.4 cm³/mol. The van der Waals surface area contributed by atoms with E-state index >= 15 is 0 Å². The number of nitrogens with zero attached hydrogens (tertiary/aromatic N) is 2. The summed E-state index contributed by atoms with van der Waals surface area (Å²) < 4.78 is 21.8. The maximum Gasteiger partial charge on any atom is 0.315 e. The average Bonchev–Trinajstić information content (AvgIpc) is 2.71. The predicted octanol–water partition coefficient (Wildman–Crippen LogP) is 2.59. The van der Waals surface area contributed by atoms with Crippen LogP contribution in [0.15, 0.2) is 41.8 Å². The van der Waals surface area contributed by atoms with Crippen molar-refractivity contribution in [1.29, 1.82) is 5.26 Å². The zero-order valence-electron chi connectivity index (χ0n) is 14.8. The fraction of sp³-hybridized carbons (Fsp3) is 0.211. The lowest BCUT2D eigenvalue weighted by molar-refractivity contribution is -0.386. The number of nitriles is 1. The van der Waals surface area contributed by atoms with Crippen LogP contribution >= 0.6 is 0 Å². The number of fused-ring (bicyclic) bond motifs is 2. The normalized spacial score (nSPS) is 17.2. The molecule has 0 amide bonds. The molecule has 0 saturated carbocycles. The van der Waals surface area contributed by atoms with Gasteiger partial charge in [0.05, 0.1) is 18.0 Å². The van der Waals surface area contributed by atoms with E-state index in [0.29, 0.717) is 22.6 Å². The van der Waals surface area contributed by atoms with Crippen molar-refractivity contribution in [1.82, 2.24) is 0 Å². The smallest absolute Gasteiger partial charge is 0.315 e. The van der Waals surface area contributed by atoms with E-state index in [1.165, 1.54) is 13.2 Å². The zero-order chi connectivity index (χ0) is 19.8. The monoisotopic (exact) mass is 381 g/mol. The minimum absolute atomic E-state index is 0.0641. The molecule has 0 bridgehead atoms. The number of hydrogen-bond donors (Lipinski definition) is 1. The Bertz CT molecular complexity index is 1060. The Balaban J connectivity index is 1.94. The molecule has 1 atom stereocenters. The van der Waals surface area contributed by atoms with Crippen LogP contribution in [0.1, 0.15) is 17.0 Å². The van der Waals surface area contributed by atoms with Gasteiger partial charge in [-0.1, -0.05) is 6.07 Å². The summed E-state index contributed by atoms with van der Waals surface area (Å²) in [5.41, 5.74) is 7.00. The van der Waals surface area contributed by atoms with E-state index < -0.39 is 10.8 Å². The molecule has 2 aromatic carbocycles. The maximum absolute atomic E-state index is 11.6. The fourth-order valence-corrected chi connectivity index (χ4v) is 3.36. The van der Waals surface area contributed by atoms with Crippen molar-refractivity contribution in [2.24, 2.45) is 5.73 Å². The standard InChI is InChI=1S/C19H15N3O6/c1-25-11-2-3-12-15(8-11)28-19(21)13(9-20)17(12)10-6-14(22(23)24)18-16(7-10)26-4-5-27-18/h2-3,6-8,17H,4-5,21H2,1H3/t17-/m1/s1. The highest BCUT2D eigenvalue weighted by Gasteiger charge is 2.34. The van der Waals surface area contributed by atoms with Crippen LogP contribution in [-0.4, -0.2) is 25.2 Å². The molecule has 0 saturated heterocycles. The van der Waals surface area contributed by atoms with Gasteiger partial charge in [0, 0.05) is 17.7 Å². The first kappa shape index (κ1) is 17.5. The second kappa shape index (κ2) is 6.66. The van der Waals surface area contributed by atoms with Crippen LogP contribution in [0.25, 0.3) is 0 Å². The van der Waals surface area contributed by atoms with E-state index in [0.717, 1.165) is 0 Å². The Morgan fingerprint density at radius 2 is 2.04 bits per heavy atom. The van der Waals surface area contributed by atoms with Crippen molar-refractivity contribution in [3.05, 3.63) is 63.0 Å². The number of nitrogens with two attached hydrogens (primary N) is 1. The summed E-state index contributed by atoms with van der Waals surface area (Å²) in [6.45, 7) is 0.502. The lowest BCUT2D eigenvalue weighted by Crippen LogP contribution is -2.22. The van der Waals surface area contributed by atoms with E-state index in [-0.39, 0.29) is 41.9 Å². The third kappa shape index (κ3) is 2.72. The van der Waals surface area contributed by atoms with Crippen LogP contribution in [0.4, 0.5) is 5.69 Å². The fourth-order valence-electron chi connectivity index (χ4n) is 3.36. The van der Waals surface area contributed by atoms with Crippen molar-refractivity contribution < 1.29 is 23.9 Å². The molecule has 142 valence electrons. The van der Waals surface area contributed by atoms with Gasteiger partial charge in [-0.25, -0.2) is 0 Å². The summed E-state index contributed by atoms with van der Waals surface area (Å²) in [7, 11) is 1.52. The van der Waals surface area contributed by atoms with Crippen molar-refractivity contribution in [2.45, 2.75) is 5.92 Å². The summed E-state index contributed by atoms with van der Waals surface area (Å²) in [6.07, 6.45) is 0. The molecular weight excluding hydrogens is 366 g/mol. The van der Waals surface area contributed by atoms with Gasteiger partial charge in [0.2, 0.25) is 11.6 Å². The molecule has 4 rings (SSSR count). The van der Waals surface area contributed by atoms with Crippen LogP contribution in [0.3, 0.4) is 0 Å². The summed E-state index contributed by atoms with van der Waals surface area (Å²) in [5, 5.41) is 21.2. The lowest BCUT2D eigenvalue weighted by Gasteiger charge is -2.27. The first-order valence-corrected chi connectivity index (χ1v) is 8.37. The van der Waals surface area contributed by atoms with Crippen molar-refractivity contribution in [3.63, 3.8) is 0 Å². The van der Waals surface area contributed by atoms with Gasteiger partial charge in [0.25, 0.3) is 0 Å². The van der Waals surface area contributed by atoms with Crippen LogP contribution in [-0.2, 0) is 0 Å². The third-order valence-corrected chi connectivity index (χ3v) is 4.60. The number of nitro benzene ring substituents is 1. The Kier molecular flexibility index (Phi) is 4.16. The van der Waals surface area contributed by atoms with Crippen molar-refractivity contribution >= 4 is 5.69 Å². The molecule has 2 N–H and O–H groups in total. The van der Waals surface area contributed by atoms with Gasteiger partial charge in [-0.3, -0.25) is 10.1 Å². The largest absolute Gasteiger partial charge is 0.497 e. The number of nitro groups is 1. The molecule has 9 nitrogen and oxygen atoms in total. The summed E-state index contributed by atoms with van der Waals surface area (Å²) in [5.74, 6) is 0.586. The molecule has 9 heteroatoms. The lowest BCUT2D eigenvalue weighted by atomic mass is 9.83. The molecule has 2 aromatic rings. The zero-order valence-corrected chi connectivity index (χ0v) is 14.8. The minimum atomic E-state index is -0.658. The van der Waals surface area contributed by atoms with E-state index in [1.54, 1.807) is 24.3 Å². The molecule has 0 spiro atoms. The number of allylic oxidation sites excluding steroid dienone is 1. The van der Waals surface area contributed by atoms with E-state index in [1.807, 2.05) is 0 Å². The molecule has 2 aliphatic heterocycles. The van der Waals surface area contributed by atoms with Crippen LogP contribution < -0.4 is 24.7 Å². The minimum Gasteiger partial charge on any atom is -0.497 e. The molecule has 2 aliphatic rings. The van der Waals surface area contributed by atoms with Crippen molar-refractivity contribution in [2.75, 3.05) is 20.3 Å². The molecule has 0 aliphatic carbocycles. The quantitative estimate of drug-likeness (QED) is 0.634. The number of methoxy groups -OCH3 is 1. The summed E-state index contributed by atoms with van der Waals surface area (Å²) in [4.78, 5) is 11.0. The van der Waals surface area contributed by atoms with Gasteiger partial charge in [0.1, 0.15) is 36.4 Å². The number of rotatable bonds is 3. The molecule has 0 fully saturated rings. The highest BCUT2D eigenvalue weighted by molar-refractivity contribution is 5.64. The van der Waals surface area contributed by atoms with Gasteiger partial charge in [-0.2, -0.15) is 5.26 Å². The molecule has 28 heavy (non-hydrogen) atoms. The number of hydrogen-bond acceptors (Lipinski definition) is 8. The summed E-state index contributed by atoms with van der Waals surface area (Å²) >= 11 is 0. The Morgan fingerprint density at radius 1 is 1.25 bits per heavy atom. The first-order valence-electron chi connectivity index (χ1n) is 8.37. The second-order valence-electron chi connectivity index (χ2n) is 6.15. The summed E-state index contributed by atoms with van der Waals surface area (Å²) in [6, 6.07) is 10.2. The van der Waals surface area contributed by atoms with Crippen LogP contribution in [0.5, 0.6) is 23.0 Å². The van der Waals surface area contributed by atoms with Crippen molar-refractivity contribution in [3.8, 4) is 29.1 Å². The SMILES string of the molecule is COc1ccc2c(c1)OC(N)=C(C#N)[C@@H]2c1cc2c(c([N+](=O)[O-])c1)OCCO2. The van der Waals surface area contributed by atoms with Gasteiger partial charge < -0.3 is 24.7 Å². The molecule has 0 unspecified atom stereocenters. The highest BCUT2D eigenvalue weighted by atomic mass is 16.6. The van der Waals surface area contributed by atoms with E-state index in [9.17, 15) is 15.4 Å². The van der Waals surface area contributed by atoms with Crippen LogP contribution in [0, 0.1) is 21.4 Å². The molecule has 2 heterocycles. The Hall–Kier alpha value is -3.93. The maximum atomic E-state index is 11.6. The topological polar surface area (TPSA) is 130 Å². The Labute approximate surface area is 159 Å². The second-order valence-corrected chi connectivity index (χ2v) is 6.15. The average molecular weight is 381 g/mol. The van der Waals surface area contributed by atoms with Gasteiger partial charge in [-0.05, 0) is 17.7 Å². The number of benzene rings is 2. The van der Waals surface area contributed by atoms with Gasteiger partial charge in [0.15, 0.2) is 5.75 Å². The Morgan fingerprint density at radius 3 is 2.75 bits per heavy atom. The highest BCUT2D eigenvalue weighted by Crippen LogP contribution is 2.48. The number of ether oxygens (including phenoxy) is 4. The first-order chi connectivity index (χ1) is 13.5. The molecule has 0 radical (unpaired) electrons. The van der Waals surface area contributed by atoms with Crippen LogP contribution in [0.2, 0.25) is 0 Å². The van der Waals surface area contributed by atoms with Gasteiger partial charge in [-0.15, -0.1) is 0 Å². The third-order valence-electron chi connectivity index (χ3n) is 4.60.